The van der Waals surface area contributed by atoms with Gasteiger partial charge in [-0.1, -0.05) is 26.2 Å². The van der Waals surface area contributed by atoms with Crippen molar-refractivity contribution >= 4 is 32.3 Å². The highest BCUT2D eigenvalue weighted by molar-refractivity contribution is 7.90. The average molecular weight is 400 g/mol. The van der Waals surface area contributed by atoms with Crippen LogP contribution in [0.15, 0.2) is 4.90 Å². The zero-order chi connectivity index (χ0) is 18.7. The number of rotatable bonds is 9. The number of carbonyl (C=O) groups is 1. The highest BCUT2D eigenvalue weighted by Gasteiger charge is 2.35. The van der Waals surface area contributed by atoms with Gasteiger partial charge in [-0.15, -0.1) is 11.3 Å². The second-order valence-electron chi connectivity index (χ2n) is 7.39. The fourth-order valence-corrected chi connectivity index (χ4v) is 6.39. The summed E-state index contributed by atoms with van der Waals surface area (Å²) in [4.78, 5) is 13.5. The third kappa shape index (κ3) is 4.65. The van der Waals surface area contributed by atoms with E-state index >= 15 is 0 Å². The predicted octanol–water partition coefficient (Wildman–Crippen LogP) is 2.77. The van der Waals surface area contributed by atoms with Crippen molar-refractivity contribution in [3.63, 3.8) is 0 Å². The van der Waals surface area contributed by atoms with Crippen molar-refractivity contribution in [3.8, 4) is 0 Å². The molecule has 2 aliphatic rings. The molecule has 6 nitrogen and oxygen atoms in total. The first-order chi connectivity index (χ1) is 12.4. The van der Waals surface area contributed by atoms with Crippen LogP contribution in [0.25, 0.3) is 0 Å². The third-order valence-corrected chi connectivity index (χ3v) is 7.94. The molecule has 1 amide bonds. The van der Waals surface area contributed by atoms with E-state index < -0.39 is 10.0 Å². The van der Waals surface area contributed by atoms with Gasteiger partial charge in [0.05, 0.1) is 0 Å². The minimum atomic E-state index is -3.66. The zero-order valence-corrected chi connectivity index (χ0v) is 17.0. The monoisotopic (exact) mass is 399 g/mol. The molecule has 146 valence electrons. The van der Waals surface area contributed by atoms with Crippen LogP contribution in [-0.2, 0) is 27.7 Å². The van der Waals surface area contributed by atoms with Crippen molar-refractivity contribution in [1.82, 2.24) is 4.72 Å². The second-order valence-corrected chi connectivity index (χ2v) is 10.2. The van der Waals surface area contributed by atoms with Crippen LogP contribution >= 0.6 is 11.3 Å². The zero-order valence-electron chi connectivity index (χ0n) is 15.3. The fraction of sp³-hybridized carbons (Fsp3) is 0.722. The van der Waals surface area contributed by atoms with Crippen molar-refractivity contribution in [2.24, 2.45) is 11.7 Å². The molecule has 4 N–H and O–H groups in total. The lowest BCUT2D eigenvalue weighted by atomic mass is 9.95. The average Bonchev–Trinajstić information content (AvgIpc) is 3.36. The molecule has 1 aromatic heterocycles. The Morgan fingerprint density at radius 3 is 2.69 bits per heavy atom. The minimum absolute atomic E-state index is 0.0254. The van der Waals surface area contributed by atoms with Crippen LogP contribution in [0.4, 0.5) is 5.00 Å². The van der Waals surface area contributed by atoms with Gasteiger partial charge in [-0.2, -0.15) is 0 Å². The van der Waals surface area contributed by atoms with E-state index in [1.54, 1.807) is 0 Å². The van der Waals surface area contributed by atoms with E-state index in [9.17, 15) is 13.2 Å². The normalized spacial score (nSPS) is 20.0. The third-order valence-electron chi connectivity index (χ3n) is 5.03. The first kappa shape index (κ1) is 19.8. The van der Waals surface area contributed by atoms with E-state index in [1.807, 2.05) is 0 Å². The van der Waals surface area contributed by atoms with Gasteiger partial charge in [0, 0.05) is 23.4 Å². The van der Waals surface area contributed by atoms with E-state index in [4.69, 9.17) is 5.73 Å². The maximum Gasteiger partial charge on any atom is 0.243 e. The van der Waals surface area contributed by atoms with Crippen LogP contribution in [0.2, 0.25) is 0 Å². The summed E-state index contributed by atoms with van der Waals surface area (Å²) < 4.78 is 28.7. The van der Waals surface area contributed by atoms with E-state index in [1.165, 1.54) is 11.3 Å². The number of unbranched alkanes of at least 4 members (excludes halogenated alkanes) is 3. The summed E-state index contributed by atoms with van der Waals surface area (Å²) in [6.45, 7) is 2.55. The molecule has 26 heavy (non-hydrogen) atoms. The first-order valence-corrected chi connectivity index (χ1v) is 11.9. The molecule has 1 unspecified atom stereocenters. The number of thiophene rings is 1. The lowest BCUT2D eigenvalue weighted by molar-refractivity contribution is -0.117. The summed E-state index contributed by atoms with van der Waals surface area (Å²) in [6.07, 6.45) is 8.01. The molecule has 1 fully saturated rings. The van der Waals surface area contributed by atoms with Gasteiger partial charge in [0.1, 0.15) is 9.90 Å². The van der Waals surface area contributed by atoms with E-state index in [0.29, 0.717) is 18.0 Å². The SMILES string of the molecule is CCCCCCNS(=O)(=O)c1c(NC(=O)C2CC2)sc2c1CC(N)CC2. The summed E-state index contributed by atoms with van der Waals surface area (Å²) >= 11 is 1.41. The molecule has 0 spiro atoms. The number of nitrogens with one attached hydrogen (secondary N) is 2. The van der Waals surface area contributed by atoms with Crippen molar-refractivity contribution in [3.05, 3.63) is 10.4 Å². The number of hydrogen-bond donors (Lipinski definition) is 3. The number of hydrogen-bond acceptors (Lipinski definition) is 5. The number of sulfonamides is 1. The molecular weight excluding hydrogens is 370 g/mol. The number of amides is 1. The van der Waals surface area contributed by atoms with E-state index in [-0.39, 0.29) is 22.8 Å². The Morgan fingerprint density at radius 1 is 1.23 bits per heavy atom. The molecule has 1 saturated carbocycles. The number of nitrogens with two attached hydrogens (primary N) is 1. The molecule has 1 heterocycles. The largest absolute Gasteiger partial charge is 0.327 e. The summed E-state index contributed by atoms with van der Waals surface area (Å²) in [5.41, 5.74) is 6.89. The van der Waals surface area contributed by atoms with Gasteiger partial charge < -0.3 is 11.1 Å². The fourth-order valence-electron chi connectivity index (χ4n) is 3.34. The molecule has 0 saturated heterocycles. The van der Waals surface area contributed by atoms with Crippen LogP contribution in [0, 0.1) is 5.92 Å². The van der Waals surface area contributed by atoms with Crippen LogP contribution in [0.3, 0.4) is 0 Å². The van der Waals surface area contributed by atoms with Crippen molar-refractivity contribution in [2.75, 3.05) is 11.9 Å². The van der Waals surface area contributed by atoms with Gasteiger partial charge in [0.25, 0.3) is 0 Å². The number of fused-ring (bicyclic) bond motifs is 1. The van der Waals surface area contributed by atoms with Crippen LogP contribution in [-0.4, -0.2) is 26.9 Å². The van der Waals surface area contributed by atoms with Crippen molar-refractivity contribution in [1.29, 1.82) is 0 Å². The lowest BCUT2D eigenvalue weighted by Gasteiger charge is -2.19. The molecule has 1 aromatic rings. The topological polar surface area (TPSA) is 101 Å². The molecule has 0 bridgehead atoms. The Morgan fingerprint density at radius 2 is 2.00 bits per heavy atom. The predicted molar refractivity (Wildman–Crippen MR) is 105 cm³/mol. The Bertz CT molecular complexity index is 754. The molecule has 3 rings (SSSR count). The van der Waals surface area contributed by atoms with Crippen LogP contribution < -0.4 is 15.8 Å². The van der Waals surface area contributed by atoms with E-state index in [2.05, 4.69) is 17.0 Å². The quantitative estimate of drug-likeness (QED) is 0.556. The molecule has 8 heteroatoms. The van der Waals surface area contributed by atoms with E-state index in [0.717, 1.165) is 61.8 Å². The summed E-state index contributed by atoms with van der Waals surface area (Å²) in [6, 6.07) is -0.0254. The van der Waals surface area contributed by atoms with Gasteiger partial charge in [-0.05, 0) is 44.1 Å². The van der Waals surface area contributed by atoms with Crippen LogP contribution in [0.1, 0.15) is 62.3 Å². The Labute approximate surface area is 160 Å². The molecule has 0 aliphatic heterocycles. The van der Waals surface area contributed by atoms with Gasteiger partial charge in [-0.3, -0.25) is 4.79 Å². The second kappa shape index (κ2) is 8.37. The van der Waals surface area contributed by atoms with Gasteiger partial charge in [0.15, 0.2) is 0 Å². The Kier molecular flexibility index (Phi) is 6.37. The summed E-state index contributed by atoms with van der Waals surface area (Å²) in [5.74, 6) is -0.0266. The molecule has 1 atom stereocenters. The van der Waals surface area contributed by atoms with Gasteiger partial charge in [0.2, 0.25) is 15.9 Å². The van der Waals surface area contributed by atoms with Crippen molar-refractivity contribution < 1.29 is 13.2 Å². The molecule has 2 aliphatic carbocycles. The molecule has 0 aromatic carbocycles. The number of aryl methyl sites for hydroxylation is 1. The Balaban J connectivity index is 1.82. The molecule has 0 radical (unpaired) electrons. The maximum atomic E-state index is 13.0. The van der Waals surface area contributed by atoms with Gasteiger partial charge >= 0.3 is 0 Å². The minimum Gasteiger partial charge on any atom is -0.327 e. The maximum absolute atomic E-state index is 13.0. The highest BCUT2D eigenvalue weighted by atomic mass is 32.2. The smallest absolute Gasteiger partial charge is 0.243 e. The Hall–Kier alpha value is -0.960. The molecular formula is C18H29N3O3S2. The van der Waals surface area contributed by atoms with Crippen LogP contribution in [0.5, 0.6) is 0 Å². The highest BCUT2D eigenvalue weighted by Crippen LogP contribution is 2.41. The summed E-state index contributed by atoms with van der Waals surface area (Å²) in [5, 5.41) is 3.36. The van der Waals surface area contributed by atoms with Gasteiger partial charge in [-0.25, -0.2) is 13.1 Å². The van der Waals surface area contributed by atoms with Crippen molar-refractivity contribution in [2.45, 2.75) is 75.6 Å². The number of anilines is 1. The number of carbonyl (C=O) groups excluding carboxylic acids is 1. The first-order valence-electron chi connectivity index (χ1n) is 9.63. The summed E-state index contributed by atoms with van der Waals surface area (Å²) in [7, 11) is -3.66. The standard InChI is InChI=1S/C18H29N3O3S2/c1-2-3-4-5-10-20-26(23,24)16-14-11-13(19)8-9-15(14)25-18(16)21-17(22)12-6-7-12/h12-13,20H,2-11,19H2,1H3,(H,21,22). The lowest BCUT2D eigenvalue weighted by Crippen LogP contribution is -2.31.